The van der Waals surface area contributed by atoms with Gasteiger partial charge in [0.1, 0.15) is 6.04 Å². The van der Waals surface area contributed by atoms with E-state index in [1.807, 2.05) is 12.1 Å². The van der Waals surface area contributed by atoms with Gasteiger partial charge in [-0.25, -0.2) is 0 Å². The van der Waals surface area contributed by atoms with Crippen LogP contribution in [0.3, 0.4) is 0 Å². The third-order valence-corrected chi connectivity index (χ3v) is 4.48. The summed E-state index contributed by atoms with van der Waals surface area (Å²) >= 11 is 1.45. The average molecular weight is 279 g/mol. The molecule has 0 radical (unpaired) electrons. The minimum absolute atomic E-state index is 0.0106. The third kappa shape index (κ3) is 1.68. The summed E-state index contributed by atoms with van der Waals surface area (Å²) in [5, 5.41) is 5.72. The number of hydrogen-bond donors (Lipinski definition) is 1. The van der Waals surface area contributed by atoms with Gasteiger partial charge in [0.2, 0.25) is 0 Å². The van der Waals surface area contributed by atoms with Crippen LogP contribution in [-0.4, -0.2) is 4.98 Å². The molecule has 1 aromatic heterocycles. The molecule has 3 aromatic rings. The number of fused-ring (bicyclic) bond motifs is 2. The van der Waals surface area contributed by atoms with E-state index >= 15 is 0 Å². The van der Waals surface area contributed by atoms with Crippen LogP contribution in [0.4, 0.5) is 0 Å². The van der Waals surface area contributed by atoms with Gasteiger partial charge in [-0.2, -0.15) is 5.11 Å². The number of nitrogens with zero attached hydrogens (tertiary/aromatic N) is 2. The molecule has 0 aliphatic carbocycles. The standard InChI is InChI=1S/C16H13N3S/c1-10-15(11-6-2-4-8-13(11)17-10)16-12-7-3-5-9-14(12)20-19-18-16/h2-9,16-17H,1H3. The number of aromatic amines is 1. The number of benzene rings is 2. The highest BCUT2D eigenvalue weighted by Gasteiger charge is 2.25. The quantitative estimate of drug-likeness (QED) is 0.623. The first-order chi connectivity index (χ1) is 9.84. The molecule has 3 nitrogen and oxygen atoms in total. The van der Waals surface area contributed by atoms with Crippen molar-refractivity contribution in [3.63, 3.8) is 0 Å². The lowest BCUT2D eigenvalue weighted by Crippen LogP contribution is -2.02. The third-order valence-electron chi connectivity index (χ3n) is 3.73. The average Bonchev–Trinajstić information content (AvgIpc) is 2.82. The monoisotopic (exact) mass is 279 g/mol. The first-order valence-corrected chi connectivity index (χ1v) is 7.35. The van der Waals surface area contributed by atoms with E-state index < -0.39 is 0 Å². The fourth-order valence-electron chi connectivity index (χ4n) is 2.83. The van der Waals surface area contributed by atoms with E-state index in [2.05, 4.69) is 57.9 Å². The molecule has 1 N–H and O–H groups in total. The minimum atomic E-state index is -0.0106. The van der Waals surface area contributed by atoms with Gasteiger partial charge in [-0.1, -0.05) is 36.4 Å². The van der Waals surface area contributed by atoms with Crippen molar-refractivity contribution < 1.29 is 0 Å². The van der Waals surface area contributed by atoms with Crippen molar-refractivity contribution in [2.75, 3.05) is 0 Å². The van der Waals surface area contributed by atoms with Crippen molar-refractivity contribution >= 4 is 22.9 Å². The maximum absolute atomic E-state index is 4.49. The van der Waals surface area contributed by atoms with Gasteiger partial charge < -0.3 is 4.98 Å². The Kier molecular flexibility index (Phi) is 2.63. The van der Waals surface area contributed by atoms with Crippen LogP contribution in [0.15, 0.2) is 63.1 Å². The van der Waals surface area contributed by atoms with Crippen LogP contribution < -0.4 is 0 Å². The fourth-order valence-corrected chi connectivity index (χ4v) is 3.48. The Labute approximate surface area is 121 Å². The van der Waals surface area contributed by atoms with Crippen LogP contribution in [0, 0.1) is 6.92 Å². The summed E-state index contributed by atoms with van der Waals surface area (Å²) < 4.78 is 4.23. The van der Waals surface area contributed by atoms with E-state index in [1.165, 1.54) is 33.4 Å². The second-order valence-electron chi connectivity index (χ2n) is 4.94. The Hall–Kier alpha value is -2.07. The number of aromatic nitrogens is 1. The molecular weight excluding hydrogens is 266 g/mol. The van der Waals surface area contributed by atoms with E-state index in [0.717, 1.165) is 11.2 Å². The minimum Gasteiger partial charge on any atom is -0.358 e. The summed E-state index contributed by atoms with van der Waals surface area (Å²) in [4.78, 5) is 4.64. The number of H-pyrrole nitrogens is 1. The van der Waals surface area contributed by atoms with Gasteiger partial charge in [0, 0.05) is 39.0 Å². The number of aryl methyl sites for hydroxylation is 1. The number of para-hydroxylation sites is 1. The van der Waals surface area contributed by atoms with Gasteiger partial charge in [-0.15, -0.1) is 4.52 Å². The highest BCUT2D eigenvalue weighted by Crippen LogP contribution is 2.42. The van der Waals surface area contributed by atoms with Crippen molar-refractivity contribution in [3.05, 3.63) is 65.4 Å². The number of hydrogen-bond acceptors (Lipinski definition) is 3. The second kappa shape index (κ2) is 4.49. The molecule has 0 spiro atoms. The molecule has 1 unspecified atom stereocenters. The molecule has 4 heteroatoms. The first-order valence-electron chi connectivity index (χ1n) is 6.58. The van der Waals surface area contributed by atoms with Crippen molar-refractivity contribution in [3.8, 4) is 0 Å². The molecule has 98 valence electrons. The van der Waals surface area contributed by atoms with Crippen molar-refractivity contribution in [1.29, 1.82) is 0 Å². The van der Waals surface area contributed by atoms with Crippen LogP contribution in [0.5, 0.6) is 0 Å². The predicted octanol–water partition coefficient (Wildman–Crippen LogP) is 5.04. The molecule has 0 fully saturated rings. The topological polar surface area (TPSA) is 40.5 Å². The van der Waals surface area contributed by atoms with E-state index in [1.54, 1.807) is 0 Å². The SMILES string of the molecule is Cc1[nH]c2ccccc2c1C1N=NSc2ccccc21. The summed E-state index contributed by atoms with van der Waals surface area (Å²) in [6.07, 6.45) is 0. The fraction of sp³-hybridized carbons (Fsp3) is 0.125. The van der Waals surface area contributed by atoms with Crippen molar-refractivity contribution in [2.24, 2.45) is 9.63 Å². The smallest absolute Gasteiger partial charge is 0.125 e. The van der Waals surface area contributed by atoms with Crippen LogP contribution in [-0.2, 0) is 0 Å². The Morgan fingerprint density at radius 2 is 1.85 bits per heavy atom. The zero-order chi connectivity index (χ0) is 13.5. The van der Waals surface area contributed by atoms with Gasteiger partial charge in [-0.05, 0) is 24.6 Å². The Morgan fingerprint density at radius 1 is 1.05 bits per heavy atom. The summed E-state index contributed by atoms with van der Waals surface area (Å²) in [6.45, 7) is 2.11. The molecule has 0 saturated carbocycles. The molecule has 4 rings (SSSR count). The lowest BCUT2D eigenvalue weighted by molar-refractivity contribution is 0.792. The lowest BCUT2D eigenvalue weighted by atomic mass is 9.97. The maximum Gasteiger partial charge on any atom is 0.125 e. The molecule has 1 aliphatic heterocycles. The molecule has 0 amide bonds. The zero-order valence-electron chi connectivity index (χ0n) is 11.0. The molecule has 2 heterocycles. The van der Waals surface area contributed by atoms with Crippen LogP contribution >= 0.6 is 11.9 Å². The van der Waals surface area contributed by atoms with Gasteiger partial charge in [0.05, 0.1) is 0 Å². The van der Waals surface area contributed by atoms with E-state index in [9.17, 15) is 0 Å². The van der Waals surface area contributed by atoms with Gasteiger partial charge in [-0.3, -0.25) is 0 Å². The Morgan fingerprint density at radius 3 is 2.80 bits per heavy atom. The Bertz CT molecular complexity index is 819. The first kappa shape index (κ1) is 11.7. The molecule has 1 atom stereocenters. The second-order valence-corrected chi connectivity index (χ2v) is 5.72. The van der Waals surface area contributed by atoms with Crippen LogP contribution in [0.2, 0.25) is 0 Å². The molecule has 0 saturated heterocycles. The number of rotatable bonds is 1. The summed E-state index contributed by atoms with van der Waals surface area (Å²) in [6, 6.07) is 16.7. The van der Waals surface area contributed by atoms with Crippen LogP contribution in [0.25, 0.3) is 10.9 Å². The largest absolute Gasteiger partial charge is 0.358 e. The normalized spacial score (nSPS) is 17.4. The molecular formula is C16H13N3S. The summed E-state index contributed by atoms with van der Waals surface area (Å²) in [5.41, 5.74) is 4.79. The molecule has 2 aromatic carbocycles. The van der Waals surface area contributed by atoms with Crippen molar-refractivity contribution in [2.45, 2.75) is 17.9 Å². The highest BCUT2D eigenvalue weighted by atomic mass is 32.2. The van der Waals surface area contributed by atoms with Gasteiger partial charge in [0.25, 0.3) is 0 Å². The zero-order valence-corrected chi connectivity index (χ0v) is 11.8. The van der Waals surface area contributed by atoms with Gasteiger partial charge in [0.15, 0.2) is 0 Å². The van der Waals surface area contributed by atoms with E-state index in [-0.39, 0.29) is 6.04 Å². The van der Waals surface area contributed by atoms with E-state index in [0.29, 0.717) is 0 Å². The van der Waals surface area contributed by atoms with E-state index in [4.69, 9.17) is 0 Å². The van der Waals surface area contributed by atoms with Crippen LogP contribution in [0.1, 0.15) is 22.9 Å². The molecule has 1 aliphatic rings. The lowest BCUT2D eigenvalue weighted by Gasteiger charge is -2.18. The Balaban J connectivity index is 1.98. The summed E-state index contributed by atoms with van der Waals surface area (Å²) in [7, 11) is 0. The highest BCUT2D eigenvalue weighted by molar-refractivity contribution is 7.98. The number of nitrogens with one attached hydrogen (secondary N) is 1. The maximum atomic E-state index is 4.49. The summed E-state index contributed by atoms with van der Waals surface area (Å²) in [5.74, 6) is 0. The van der Waals surface area contributed by atoms with Crippen molar-refractivity contribution in [1.82, 2.24) is 4.98 Å². The van der Waals surface area contributed by atoms with Gasteiger partial charge >= 0.3 is 0 Å². The molecule has 0 bridgehead atoms. The predicted molar refractivity (Wildman–Crippen MR) is 82.0 cm³/mol. The molecule has 20 heavy (non-hydrogen) atoms.